The lowest BCUT2D eigenvalue weighted by Crippen LogP contribution is -2.22. The first-order valence-electron chi connectivity index (χ1n) is 6.85. The molecule has 4 nitrogen and oxygen atoms in total. The molecule has 0 aliphatic carbocycles. The number of ether oxygens (including phenoxy) is 1. The number of hydrogen-bond donors (Lipinski definition) is 2. The van der Waals surface area contributed by atoms with Crippen LogP contribution in [0.2, 0.25) is 0 Å². The highest BCUT2D eigenvalue weighted by Crippen LogP contribution is 2.23. The Hall–Kier alpha value is -2.82. The molecule has 0 aliphatic rings. The van der Waals surface area contributed by atoms with Crippen LogP contribution in [0.4, 0.5) is 4.39 Å². The average Bonchev–Trinajstić information content (AvgIpc) is 2.97. The summed E-state index contributed by atoms with van der Waals surface area (Å²) >= 11 is 0. The quantitative estimate of drug-likeness (QED) is 0.777. The third-order valence-corrected chi connectivity index (χ3v) is 3.50. The van der Waals surface area contributed by atoms with Crippen LogP contribution in [0.25, 0.3) is 10.9 Å². The Labute approximate surface area is 126 Å². The van der Waals surface area contributed by atoms with Gasteiger partial charge in [0.2, 0.25) is 0 Å². The predicted octanol–water partition coefficient (Wildman–Crippen LogP) is 3.25. The zero-order valence-electron chi connectivity index (χ0n) is 12.0. The summed E-state index contributed by atoms with van der Waals surface area (Å²) < 4.78 is 18.0. The number of methoxy groups -OCH3 is 1. The van der Waals surface area contributed by atoms with Crippen LogP contribution in [0, 0.1) is 5.82 Å². The number of halogens is 1. The second-order valence-electron chi connectivity index (χ2n) is 4.92. The van der Waals surface area contributed by atoms with Gasteiger partial charge < -0.3 is 15.0 Å². The smallest absolute Gasteiger partial charge is 0.253 e. The normalized spacial score (nSPS) is 10.6. The summed E-state index contributed by atoms with van der Waals surface area (Å²) in [5.41, 5.74) is 2.26. The van der Waals surface area contributed by atoms with E-state index in [0.717, 1.165) is 16.5 Å². The number of benzene rings is 2. The van der Waals surface area contributed by atoms with E-state index in [1.54, 1.807) is 25.4 Å². The molecule has 0 radical (unpaired) electrons. The molecule has 0 spiro atoms. The Kier molecular flexibility index (Phi) is 3.78. The molecule has 0 aliphatic heterocycles. The molecule has 3 rings (SSSR count). The molecule has 5 heteroatoms. The molecule has 2 aromatic carbocycles. The van der Waals surface area contributed by atoms with E-state index < -0.39 is 0 Å². The van der Waals surface area contributed by atoms with Gasteiger partial charge in [-0.1, -0.05) is 12.1 Å². The van der Waals surface area contributed by atoms with Crippen molar-refractivity contribution >= 4 is 16.8 Å². The molecule has 0 unspecified atom stereocenters. The number of rotatable bonds is 4. The van der Waals surface area contributed by atoms with Gasteiger partial charge in [-0.2, -0.15) is 0 Å². The predicted molar refractivity (Wildman–Crippen MR) is 82.4 cm³/mol. The van der Waals surface area contributed by atoms with Gasteiger partial charge in [-0.15, -0.1) is 0 Å². The number of carbonyl (C=O) groups excluding carboxylic acids is 1. The van der Waals surface area contributed by atoms with E-state index >= 15 is 0 Å². The molecule has 1 amide bonds. The SMILES string of the molecule is COc1ccc2[nH]cc(C(=O)NCc3ccc(F)cc3)c2c1. The number of H-pyrrole nitrogens is 1. The molecular weight excluding hydrogens is 283 g/mol. The van der Waals surface area contributed by atoms with Gasteiger partial charge >= 0.3 is 0 Å². The second kappa shape index (κ2) is 5.89. The van der Waals surface area contributed by atoms with Crippen molar-refractivity contribution in [3.8, 4) is 5.75 Å². The number of hydrogen-bond acceptors (Lipinski definition) is 2. The first-order valence-corrected chi connectivity index (χ1v) is 6.85. The summed E-state index contributed by atoms with van der Waals surface area (Å²) in [4.78, 5) is 15.4. The molecule has 0 saturated carbocycles. The van der Waals surface area contributed by atoms with Crippen LogP contribution >= 0.6 is 0 Å². The molecule has 3 aromatic rings. The zero-order chi connectivity index (χ0) is 15.5. The van der Waals surface area contributed by atoms with Gasteiger partial charge in [0, 0.05) is 23.6 Å². The number of nitrogens with one attached hydrogen (secondary N) is 2. The van der Waals surface area contributed by atoms with E-state index in [1.807, 2.05) is 18.2 Å². The average molecular weight is 298 g/mol. The minimum atomic E-state index is -0.293. The van der Waals surface area contributed by atoms with Crippen molar-refractivity contribution in [1.29, 1.82) is 0 Å². The lowest BCUT2D eigenvalue weighted by atomic mass is 10.1. The summed E-state index contributed by atoms with van der Waals surface area (Å²) in [6.07, 6.45) is 1.67. The van der Waals surface area contributed by atoms with Gasteiger partial charge in [0.05, 0.1) is 12.7 Å². The topological polar surface area (TPSA) is 54.1 Å². The number of fused-ring (bicyclic) bond motifs is 1. The van der Waals surface area contributed by atoms with Crippen LogP contribution in [-0.2, 0) is 6.54 Å². The van der Waals surface area contributed by atoms with E-state index in [2.05, 4.69) is 10.3 Å². The van der Waals surface area contributed by atoms with E-state index in [-0.39, 0.29) is 11.7 Å². The Morgan fingerprint density at radius 2 is 2.00 bits per heavy atom. The van der Waals surface area contributed by atoms with Crippen molar-refractivity contribution < 1.29 is 13.9 Å². The Balaban J connectivity index is 1.78. The van der Waals surface area contributed by atoms with Gasteiger partial charge in [0.1, 0.15) is 11.6 Å². The van der Waals surface area contributed by atoms with E-state index in [9.17, 15) is 9.18 Å². The van der Waals surface area contributed by atoms with Gasteiger partial charge in [-0.3, -0.25) is 4.79 Å². The summed E-state index contributed by atoms with van der Waals surface area (Å²) in [7, 11) is 1.59. The van der Waals surface area contributed by atoms with Gasteiger partial charge in [-0.05, 0) is 35.9 Å². The number of aromatic amines is 1. The molecule has 0 bridgehead atoms. The highest BCUT2D eigenvalue weighted by Gasteiger charge is 2.12. The summed E-state index contributed by atoms with van der Waals surface area (Å²) in [6.45, 7) is 0.343. The van der Waals surface area contributed by atoms with Gasteiger partial charge in [0.25, 0.3) is 5.91 Å². The maximum atomic E-state index is 12.9. The number of amides is 1. The van der Waals surface area contributed by atoms with Crippen molar-refractivity contribution in [2.24, 2.45) is 0 Å². The van der Waals surface area contributed by atoms with Crippen LogP contribution in [0.15, 0.2) is 48.7 Å². The highest BCUT2D eigenvalue weighted by atomic mass is 19.1. The molecule has 1 aromatic heterocycles. The van der Waals surface area contributed by atoms with Crippen molar-refractivity contribution in [2.45, 2.75) is 6.54 Å². The first-order chi connectivity index (χ1) is 10.7. The minimum absolute atomic E-state index is 0.191. The van der Waals surface area contributed by atoms with Crippen LogP contribution in [0.5, 0.6) is 5.75 Å². The van der Waals surface area contributed by atoms with Crippen LogP contribution in [-0.4, -0.2) is 18.0 Å². The third-order valence-electron chi connectivity index (χ3n) is 3.50. The molecule has 0 atom stereocenters. The molecule has 22 heavy (non-hydrogen) atoms. The molecule has 2 N–H and O–H groups in total. The first kappa shape index (κ1) is 14.1. The van der Waals surface area contributed by atoms with Crippen molar-refractivity contribution in [2.75, 3.05) is 7.11 Å². The Bertz CT molecular complexity index is 809. The lowest BCUT2D eigenvalue weighted by molar-refractivity contribution is 0.0952. The summed E-state index contributed by atoms with van der Waals surface area (Å²) in [5.74, 6) is 0.210. The van der Waals surface area contributed by atoms with Crippen LogP contribution in [0.3, 0.4) is 0 Å². The fraction of sp³-hybridized carbons (Fsp3) is 0.118. The molecule has 112 valence electrons. The lowest BCUT2D eigenvalue weighted by Gasteiger charge is -2.05. The molecule has 1 heterocycles. The molecule has 0 saturated heterocycles. The van der Waals surface area contributed by atoms with Crippen LogP contribution < -0.4 is 10.1 Å². The monoisotopic (exact) mass is 298 g/mol. The maximum absolute atomic E-state index is 12.9. The summed E-state index contributed by atoms with van der Waals surface area (Å²) in [6, 6.07) is 11.6. The standard InChI is InChI=1S/C17H15FN2O2/c1-22-13-6-7-16-14(8-13)15(10-19-16)17(21)20-9-11-2-4-12(18)5-3-11/h2-8,10,19H,9H2,1H3,(H,20,21). The number of aromatic nitrogens is 1. The Morgan fingerprint density at radius 1 is 1.23 bits per heavy atom. The largest absolute Gasteiger partial charge is 0.497 e. The van der Waals surface area contributed by atoms with Gasteiger partial charge in [0.15, 0.2) is 0 Å². The van der Waals surface area contributed by atoms with Crippen molar-refractivity contribution in [1.82, 2.24) is 10.3 Å². The fourth-order valence-corrected chi connectivity index (χ4v) is 2.29. The number of carbonyl (C=O) groups is 1. The minimum Gasteiger partial charge on any atom is -0.497 e. The highest BCUT2D eigenvalue weighted by molar-refractivity contribution is 6.07. The summed E-state index contributed by atoms with van der Waals surface area (Å²) in [5, 5.41) is 3.63. The van der Waals surface area contributed by atoms with Crippen molar-refractivity contribution in [3.63, 3.8) is 0 Å². The van der Waals surface area contributed by atoms with E-state index in [1.165, 1.54) is 12.1 Å². The van der Waals surface area contributed by atoms with E-state index in [4.69, 9.17) is 4.74 Å². The fourth-order valence-electron chi connectivity index (χ4n) is 2.29. The van der Waals surface area contributed by atoms with Gasteiger partial charge in [-0.25, -0.2) is 4.39 Å². The Morgan fingerprint density at radius 3 is 2.73 bits per heavy atom. The molecular formula is C17H15FN2O2. The van der Waals surface area contributed by atoms with E-state index in [0.29, 0.717) is 17.9 Å². The maximum Gasteiger partial charge on any atom is 0.253 e. The second-order valence-corrected chi connectivity index (χ2v) is 4.92. The molecule has 0 fully saturated rings. The van der Waals surface area contributed by atoms with Crippen molar-refractivity contribution in [3.05, 3.63) is 65.6 Å². The zero-order valence-corrected chi connectivity index (χ0v) is 12.0. The third kappa shape index (κ3) is 2.79. The van der Waals surface area contributed by atoms with Crippen LogP contribution in [0.1, 0.15) is 15.9 Å².